The Morgan fingerprint density at radius 2 is 2.21 bits per heavy atom. The molecule has 0 aliphatic carbocycles. The van der Waals surface area contributed by atoms with Crippen LogP contribution >= 0.6 is 11.6 Å². The molecule has 120 valence electrons. The standard InChI is InChI=1S/C17H12ClN3O3/c1-24-15-4-2-3-14-16(15)10(7-20-14)11(9-22)17(23)21-13-5-6-19-8-12(13)18/h2-8,20H,1H3,(H,19,21,23). The Kier molecular flexibility index (Phi) is 4.33. The van der Waals surface area contributed by atoms with E-state index in [1.807, 2.05) is 12.1 Å². The highest BCUT2D eigenvalue weighted by molar-refractivity contribution is 6.37. The number of amides is 1. The summed E-state index contributed by atoms with van der Waals surface area (Å²) < 4.78 is 5.31. The summed E-state index contributed by atoms with van der Waals surface area (Å²) >= 11 is 5.97. The molecule has 2 N–H and O–H groups in total. The fourth-order valence-corrected chi connectivity index (χ4v) is 2.57. The van der Waals surface area contributed by atoms with E-state index >= 15 is 0 Å². The average Bonchev–Trinajstić information content (AvgIpc) is 3.02. The van der Waals surface area contributed by atoms with Gasteiger partial charge in [-0.05, 0) is 18.2 Å². The van der Waals surface area contributed by atoms with Gasteiger partial charge >= 0.3 is 0 Å². The number of nitrogens with one attached hydrogen (secondary N) is 2. The second-order valence-corrected chi connectivity index (χ2v) is 5.28. The molecule has 3 aromatic rings. The Balaban J connectivity index is 2.03. The van der Waals surface area contributed by atoms with Crippen molar-refractivity contribution in [3.05, 3.63) is 53.4 Å². The Hall–Kier alpha value is -3.08. The first-order chi connectivity index (χ1) is 11.7. The summed E-state index contributed by atoms with van der Waals surface area (Å²) in [5.41, 5.74) is 1.35. The number of benzene rings is 1. The van der Waals surface area contributed by atoms with Crippen molar-refractivity contribution >= 4 is 45.6 Å². The zero-order valence-electron chi connectivity index (χ0n) is 12.6. The van der Waals surface area contributed by atoms with Gasteiger partial charge in [-0.3, -0.25) is 9.78 Å². The van der Waals surface area contributed by atoms with Crippen molar-refractivity contribution in [3.63, 3.8) is 0 Å². The summed E-state index contributed by atoms with van der Waals surface area (Å²) in [7, 11) is 1.52. The van der Waals surface area contributed by atoms with Gasteiger partial charge in [-0.15, -0.1) is 0 Å². The first-order valence-corrected chi connectivity index (χ1v) is 7.34. The summed E-state index contributed by atoms with van der Waals surface area (Å²) in [5.74, 6) is 1.63. The molecule has 24 heavy (non-hydrogen) atoms. The second-order valence-electron chi connectivity index (χ2n) is 4.87. The van der Waals surface area contributed by atoms with E-state index in [9.17, 15) is 9.59 Å². The number of hydrogen-bond donors (Lipinski definition) is 2. The van der Waals surface area contributed by atoms with Crippen molar-refractivity contribution < 1.29 is 14.3 Å². The molecule has 0 saturated heterocycles. The largest absolute Gasteiger partial charge is 0.496 e. The van der Waals surface area contributed by atoms with E-state index in [2.05, 4.69) is 15.3 Å². The second kappa shape index (κ2) is 6.58. The fraction of sp³-hybridized carbons (Fsp3) is 0.0588. The smallest absolute Gasteiger partial charge is 0.267 e. The number of anilines is 1. The van der Waals surface area contributed by atoms with Crippen LogP contribution in [0.1, 0.15) is 5.56 Å². The van der Waals surface area contributed by atoms with Crippen molar-refractivity contribution in [2.75, 3.05) is 12.4 Å². The molecule has 0 aliphatic rings. The number of aromatic amines is 1. The quantitative estimate of drug-likeness (QED) is 0.564. The van der Waals surface area contributed by atoms with Crippen LogP contribution in [0.25, 0.3) is 16.5 Å². The Morgan fingerprint density at radius 3 is 2.92 bits per heavy atom. The van der Waals surface area contributed by atoms with Gasteiger partial charge < -0.3 is 15.0 Å². The van der Waals surface area contributed by atoms with Crippen LogP contribution in [-0.2, 0) is 9.59 Å². The summed E-state index contributed by atoms with van der Waals surface area (Å²) in [5, 5.41) is 3.49. The van der Waals surface area contributed by atoms with Gasteiger partial charge in [0.25, 0.3) is 5.91 Å². The minimum Gasteiger partial charge on any atom is -0.496 e. The lowest BCUT2D eigenvalue weighted by molar-refractivity contribution is -0.111. The van der Waals surface area contributed by atoms with Gasteiger partial charge in [0.2, 0.25) is 0 Å². The Bertz CT molecular complexity index is 974. The molecule has 0 unspecified atom stereocenters. The van der Waals surface area contributed by atoms with Gasteiger partial charge in [0.15, 0.2) is 0 Å². The molecular formula is C17H12ClN3O3. The highest BCUT2D eigenvalue weighted by Crippen LogP contribution is 2.32. The van der Waals surface area contributed by atoms with Crippen LogP contribution in [0.4, 0.5) is 5.69 Å². The van der Waals surface area contributed by atoms with Crippen LogP contribution in [0.3, 0.4) is 0 Å². The van der Waals surface area contributed by atoms with Crippen LogP contribution in [-0.4, -0.2) is 28.9 Å². The molecule has 6 nitrogen and oxygen atoms in total. The number of halogens is 1. The molecule has 0 bridgehead atoms. The third-order valence-electron chi connectivity index (χ3n) is 3.51. The number of pyridine rings is 1. The van der Waals surface area contributed by atoms with Crippen molar-refractivity contribution in [3.8, 4) is 5.75 Å². The predicted octanol–water partition coefficient (Wildman–Crippen LogP) is 3.08. The molecule has 0 aliphatic heterocycles. The lowest BCUT2D eigenvalue weighted by atomic mass is 10.0. The van der Waals surface area contributed by atoms with Crippen molar-refractivity contribution in [1.29, 1.82) is 0 Å². The molecule has 1 aromatic carbocycles. The number of carbonyl (C=O) groups excluding carboxylic acids is 2. The van der Waals surface area contributed by atoms with Crippen molar-refractivity contribution in [1.82, 2.24) is 9.97 Å². The van der Waals surface area contributed by atoms with Crippen molar-refractivity contribution in [2.45, 2.75) is 0 Å². The Morgan fingerprint density at radius 1 is 1.38 bits per heavy atom. The molecule has 0 radical (unpaired) electrons. The number of H-pyrrole nitrogens is 1. The van der Waals surface area contributed by atoms with Crippen LogP contribution in [0.15, 0.2) is 42.9 Å². The number of aromatic nitrogens is 2. The molecule has 1 amide bonds. The third kappa shape index (κ3) is 2.76. The number of hydrogen-bond acceptors (Lipinski definition) is 4. The number of nitrogens with zero attached hydrogens (tertiary/aromatic N) is 1. The van der Waals surface area contributed by atoms with Crippen LogP contribution < -0.4 is 10.1 Å². The molecule has 0 saturated carbocycles. The van der Waals surface area contributed by atoms with Crippen molar-refractivity contribution in [2.24, 2.45) is 0 Å². The highest BCUT2D eigenvalue weighted by Gasteiger charge is 2.20. The minimum absolute atomic E-state index is 0.154. The SMILES string of the molecule is COc1cccc2[nH]cc(C(=C=O)C(=O)Nc3ccncc3Cl)c12. The topological polar surface area (TPSA) is 84.1 Å². The number of ether oxygens (including phenoxy) is 1. The first kappa shape index (κ1) is 15.8. The molecule has 2 aromatic heterocycles. The van der Waals surface area contributed by atoms with Gasteiger partial charge in [0.1, 0.15) is 17.3 Å². The molecule has 0 spiro atoms. The van der Waals surface area contributed by atoms with Crippen LogP contribution in [0.2, 0.25) is 5.02 Å². The number of carbonyl (C=O) groups is 1. The average molecular weight is 342 g/mol. The maximum absolute atomic E-state index is 12.5. The van der Waals surface area contributed by atoms with Gasteiger partial charge in [-0.25, -0.2) is 4.79 Å². The van der Waals surface area contributed by atoms with Gasteiger partial charge in [-0.1, -0.05) is 17.7 Å². The summed E-state index contributed by atoms with van der Waals surface area (Å²) in [6, 6.07) is 6.92. The van der Waals surface area contributed by atoms with Gasteiger partial charge in [0, 0.05) is 29.7 Å². The maximum Gasteiger partial charge on any atom is 0.267 e. The third-order valence-corrected chi connectivity index (χ3v) is 3.81. The van der Waals surface area contributed by atoms with E-state index in [0.717, 1.165) is 5.52 Å². The number of rotatable bonds is 4. The minimum atomic E-state index is -0.620. The van der Waals surface area contributed by atoms with E-state index in [-0.39, 0.29) is 10.6 Å². The van der Waals surface area contributed by atoms with Crippen LogP contribution in [0.5, 0.6) is 5.75 Å². The highest BCUT2D eigenvalue weighted by atomic mass is 35.5. The molecule has 0 atom stereocenters. The normalized spacial score (nSPS) is 10.2. The van der Waals surface area contributed by atoms with E-state index in [0.29, 0.717) is 22.4 Å². The fourth-order valence-electron chi connectivity index (χ4n) is 2.40. The zero-order valence-corrected chi connectivity index (χ0v) is 13.3. The summed E-state index contributed by atoms with van der Waals surface area (Å²) in [4.78, 5) is 30.8. The lowest BCUT2D eigenvalue weighted by Gasteiger charge is -2.08. The molecule has 0 fully saturated rings. The van der Waals surface area contributed by atoms with E-state index in [1.54, 1.807) is 24.3 Å². The van der Waals surface area contributed by atoms with Gasteiger partial charge in [0.05, 0.1) is 23.2 Å². The molecule has 2 heterocycles. The van der Waals surface area contributed by atoms with Crippen LogP contribution in [0, 0.1) is 0 Å². The predicted molar refractivity (Wildman–Crippen MR) is 91.8 cm³/mol. The Labute approximate surface area is 142 Å². The maximum atomic E-state index is 12.5. The zero-order chi connectivity index (χ0) is 17.1. The van der Waals surface area contributed by atoms with Gasteiger partial charge in [-0.2, -0.15) is 0 Å². The summed E-state index contributed by atoms with van der Waals surface area (Å²) in [6.07, 6.45) is 4.46. The lowest BCUT2D eigenvalue weighted by Crippen LogP contribution is -2.14. The number of methoxy groups -OCH3 is 1. The van der Waals surface area contributed by atoms with E-state index in [4.69, 9.17) is 16.3 Å². The van der Waals surface area contributed by atoms with E-state index in [1.165, 1.54) is 19.5 Å². The first-order valence-electron chi connectivity index (χ1n) is 6.96. The molecular weight excluding hydrogens is 330 g/mol. The molecule has 7 heteroatoms. The molecule has 3 rings (SSSR count). The number of fused-ring (bicyclic) bond motifs is 1. The summed E-state index contributed by atoms with van der Waals surface area (Å²) in [6.45, 7) is 0. The van der Waals surface area contributed by atoms with E-state index < -0.39 is 5.91 Å². The monoisotopic (exact) mass is 341 g/mol.